The van der Waals surface area contributed by atoms with E-state index in [1.165, 1.54) is 10.8 Å². The van der Waals surface area contributed by atoms with E-state index >= 15 is 0 Å². The molecule has 2 bridgehead atoms. The van der Waals surface area contributed by atoms with Crippen LogP contribution in [0.5, 0.6) is 0 Å². The van der Waals surface area contributed by atoms with Gasteiger partial charge in [0, 0.05) is 32.7 Å². The molecule has 5 rings (SSSR count). The van der Waals surface area contributed by atoms with Crippen LogP contribution in [0.2, 0.25) is 0 Å². The number of fused-ring (bicyclic) bond motifs is 4. The van der Waals surface area contributed by atoms with Gasteiger partial charge in [-0.05, 0) is 16.3 Å². The van der Waals surface area contributed by atoms with Gasteiger partial charge in [-0.2, -0.15) is 0 Å². The third-order valence-corrected chi connectivity index (χ3v) is 4.83. The summed E-state index contributed by atoms with van der Waals surface area (Å²) in [6, 6.07) is 14.8. The molecule has 3 nitrogen and oxygen atoms in total. The second-order valence-corrected chi connectivity index (χ2v) is 5.92. The minimum atomic E-state index is -0.399. The van der Waals surface area contributed by atoms with Gasteiger partial charge in [-0.3, -0.25) is 9.80 Å². The number of aliphatic hydroxyl groups is 1. The van der Waals surface area contributed by atoms with Crippen molar-refractivity contribution in [1.82, 2.24) is 9.80 Å². The number of aliphatic hydroxyl groups excluding tert-OH is 1. The van der Waals surface area contributed by atoms with Gasteiger partial charge in [0.15, 0.2) is 0 Å². The topological polar surface area (TPSA) is 26.7 Å². The van der Waals surface area contributed by atoms with Crippen molar-refractivity contribution < 1.29 is 5.11 Å². The Morgan fingerprint density at radius 3 is 2.45 bits per heavy atom. The molecule has 0 aromatic heterocycles. The number of piperazine rings is 3. The molecule has 3 aliphatic heterocycles. The van der Waals surface area contributed by atoms with E-state index in [2.05, 4.69) is 52.3 Å². The summed E-state index contributed by atoms with van der Waals surface area (Å²) in [6.07, 6.45) is -0.399. The third kappa shape index (κ3) is 1.94. The van der Waals surface area contributed by atoms with E-state index in [0.29, 0.717) is 0 Å². The number of hydrogen-bond donors (Lipinski definition) is 1. The molecule has 1 N–H and O–H groups in total. The van der Waals surface area contributed by atoms with Crippen molar-refractivity contribution in [3.8, 4) is 0 Å². The lowest BCUT2D eigenvalue weighted by Crippen LogP contribution is -2.62. The van der Waals surface area contributed by atoms with Crippen LogP contribution in [0.1, 0.15) is 11.7 Å². The van der Waals surface area contributed by atoms with Crippen LogP contribution < -0.4 is 0 Å². The van der Waals surface area contributed by atoms with E-state index in [0.717, 1.165) is 38.3 Å². The molecule has 2 aromatic rings. The van der Waals surface area contributed by atoms with Gasteiger partial charge in [0.25, 0.3) is 0 Å². The molecule has 2 atom stereocenters. The highest BCUT2D eigenvalue weighted by Crippen LogP contribution is 2.31. The zero-order valence-corrected chi connectivity index (χ0v) is 11.6. The average Bonchev–Trinajstić information content (AvgIpc) is 2.54. The summed E-state index contributed by atoms with van der Waals surface area (Å²) in [7, 11) is 0. The zero-order chi connectivity index (χ0) is 13.5. The fraction of sp³-hybridized carbons (Fsp3) is 0.412. The second kappa shape index (κ2) is 4.85. The SMILES string of the molecule is OC(c1cccc2ccccc12)C1CN2CCN1CC2. The lowest BCUT2D eigenvalue weighted by Gasteiger charge is -2.49. The van der Waals surface area contributed by atoms with Crippen molar-refractivity contribution >= 4 is 10.8 Å². The molecule has 3 saturated heterocycles. The van der Waals surface area contributed by atoms with Gasteiger partial charge in [0.05, 0.1) is 12.1 Å². The summed E-state index contributed by atoms with van der Waals surface area (Å²) < 4.78 is 0. The van der Waals surface area contributed by atoms with E-state index in [4.69, 9.17) is 0 Å². The Hall–Kier alpha value is -1.42. The molecule has 0 amide bonds. The lowest BCUT2D eigenvalue weighted by atomic mass is 9.93. The van der Waals surface area contributed by atoms with Gasteiger partial charge < -0.3 is 5.11 Å². The Bertz CT molecular complexity index is 614. The summed E-state index contributed by atoms with van der Waals surface area (Å²) >= 11 is 0. The predicted octanol–water partition coefficient (Wildman–Crippen LogP) is 1.87. The number of nitrogens with zero attached hydrogens (tertiary/aromatic N) is 2. The molecular formula is C17H20N2O. The van der Waals surface area contributed by atoms with Crippen LogP contribution in [0.25, 0.3) is 10.8 Å². The fourth-order valence-electron chi connectivity index (χ4n) is 3.67. The largest absolute Gasteiger partial charge is 0.387 e. The van der Waals surface area contributed by atoms with Crippen LogP contribution in [0.15, 0.2) is 42.5 Å². The standard InChI is InChI=1S/C17H20N2O/c20-17(16-12-18-8-10-19(16)11-9-18)15-7-3-5-13-4-1-2-6-14(13)15/h1-7,16-17,20H,8-12H2. The van der Waals surface area contributed by atoms with Crippen molar-refractivity contribution in [2.75, 3.05) is 32.7 Å². The Balaban J connectivity index is 1.72. The molecule has 104 valence electrons. The summed E-state index contributed by atoms with van der Waals surface area (Å²) in [5, 5.41) is 13.3. The van der Waals surface area contributed by atoms with Gasteiger partial charge >= 0.3 is 0 Å². The molecule has 0 aliphatic carbocycles. The molecule has 2 aromatic carbocycles. The minimum Gasteiger partial charge on any atom is -0.387 e. The van der Waals surface area contributed by atoms with Crippen molar-refractivity contribution in [2.45, 2.75) is 12.1 Å². The van der Waals surface area contributed by atoms with Crippen molar-refractivity contribution in [3.05, 3.63) is 48.0 Å². The van der Waals surface area contributed by atoms with E-state index in [-0.39, 0.29) is 6.04 Å². The quantitative estimate of drug-likeness (QED) is 0.901. The van der Waals surface area contributed by atoms with Gasteiger partial charge in [-0.15, -0.1) is 0 Å². The van der Waals surface area contributed by atoms with E-state index in [1.807, 2.05) is 0 Å². The fourth-order valence-corrected chi connectivity index (χ4v) is 3.67. The maximum atomic E-state index is 10.9. The van der Waals surface area contributed by atoms with Crippen molar-refractivity contribution in [2.24, 2.45) is 0 Å². The first-order valence-corrected chi connectivity index (χ1v) is 7.45. The molecule has 3 heterocycles. The number of hydrogen-bond acceptors (Lipinski definition) is 3. The second-order valence-electron chi connectivity index (χ2n) is 5.92. The Morgan fingerprint density at radius 2 is 1.70 bits per heavy atom. The third-order valence-electron chi connectivity index (χ3n) is 4.83. The molecule has 0 spiro atoms. The van der Waals surface area contributed by atoms with Crippen LogP contribution in [0.4, 0.5) is 0 Å². The Kier molecular flexibility index (Phi) is 2.99. The summed E-state index contributed by atoms with van der Waals surface area (Å²) in [5.41, 5.74) is 1.07. The molecule has 2 unspecified atom stereocenters. The average molecular weight is 268 g/mol. The monoisotopic (exact) mass is 268 g/mol. The molecule has 0 saturated carbocycles. The van der Waals surface area contributed by atoms with Gasteiger partial charge in [0.1, 0.15) is 0 Å². The highest BCUT2D eigenvalue weighted by atomic mass is 16.3. The predicted molar refractivity (Wildman–Crippen MR) is 80.7 cm³/mol. The summed E-state index contributed by atoms with van der Waals surface area (Å²) in [6.45, 7) is 5.47. The molecule has 3 aliphatic rings. The first kappa shape index (κ1) is 12.3. The van der Waals surface area contributed by atoms with Crippen LogP contribution in [-0.2, 0) is 0 Å². The molecule has 3 fully saturated rings. The van der Waals surface area contributed by atoms with Crippen LogP contribution in [-0.4, -0.2) is 53.7 Å². The molecule has 20 heavy (non-hydrogen) atoms. The summed E-state index contributed by atoms with van der Waals surface area (Å²) in [4.78, 5) is 4.92. The number of rotatable bonds is 2. The van der Waals surface area contributed by atoms with Crippen molar-refractivity contribution in [1.29, 1.82) is 0 Å². The zero-order valence-electron chi connectivity index (χ0n) is 11.6. The maximum absolute atomic E-state index is 10.9. The summed E-state index contributed by atoms with van der Waals surface area (Å²) in [5.74, 6) is 0. The molecular weight excluding hydrogens is 248 g/mol. The first-order chi connectivity index (χ1) is 9.83. The highest BCUT2D eigenvalue weighted by Gasteiger charge is 2.36. The van der Waals surface area contributed by atoms with Gasteiger partial charge in [-0.1, -0.05) is 42.5 Å². The van der Waals surface area contributed by atoms with E-state index < -0.39 is 6.10 Å². The van der Waals surface area contributed by atoms with Crippen LogP contribution >= 0.6 is 0 Å². The molecule has 0 radical (unpaired) electrons. The van der Waals surface area contributed by atoms with Crippen LogP contribution in [0, 0.1) is 0 Å². The smallest absolute Gasteiger partial charge is 0.0963 e. The van der Waals surface area contributed by atoms with E-state index in [1.54, 1.807) is 0 Å². The Morgan fingerprint density at radius 1 is 0.950 bits per heavy atom. The van der Waals surface area contributed by atoms with Gasteiger partial charge in [0.2, 0.25) is 0 Å². The van der Waals surface area contributed by atoms with Gasteiger partial charge in [-0.25, -0.2) is 0 Å². The Labute approximate surface area is 119 Å². The number of benzene rings is 2. The maximum Gasteiger partial charge on any atom is 0.0963 e. The minimum absolute atomic E-state index is 0.239. The van der Waals surface area contributed by atoms with E-state index in [9.17, 15) is 5.11 Å². The first-order valence-electron chi connectivity index (χ1n) is 7.45. The van der Waals surface area contributed by atoms with Crippen LogP contribution in [0.3, 0.4) is 0 Å². The normalized spacial score (nSPS) is 30.6. The van der Waals surface area contributed by atoms with Crippen molar-refractivity contribution in [3.63, 3.8) is 0 Å². The lowest BCUT2D eigenvalue weighted by molar-refractivity contribution is -0.0465. The molecule has 3 heteroatoms. The highest BCUT2D eigenvalue weighted by molar-refractivity contribution is 5.86.